The quantitative estimate of drug-likeness (QED) is 0.439. The fourth-order valence-corrected chi connectivity index (χ4v) is 1.76. The number of carbonyl (C=O) groups excluding carboxylic acids is 2. The van der Waals surface area contributed by atoms with E-state index in [0.29, 0.717) is 5.56 Å². The summed E-state index contributed by atoms with van der Waals surface area (Å²) in [6.45, 7) is 2.63. The van der Waals surface area contributed by atoms with Crippen molar-refractivity contribution >= 4 is 11.6 Å². The van der Waals surface area contributed by atoms with Crippen LogP contribution in [0.2, 0.25) is 0 Å². The zero-order valence-electron chi connectivity index (χ0n) is 10.3. The molecule has 0 radical (unpaired) electrons. The van der Waals surface area contributed by atoms with Crippen molar-refractivity contribution in [2.24, 2.45) is 0 Å². The molecule has 1 aromatic rings. The van der Waals surface area contributed by atoms with Crippen LogP contribution in [-0.4, -0.2) is 22.5 Å². The molecule has 18 heavy (non-hydrogen) atoms. The SMILES string of the molecule is CC(=O)C(=O)CC(c1ccccc1)C(C)[N+](=O)[O-]. The number of carbonyl (C=O) groups is 2. The summed E-state index contributed by atoms with van der Waals surface area (Å²) in [6, 6.07) is 7.87. The Morgan fingerprint density at radius 3 is 2.28 bits per heavy atom. The van der Waals surface area contributed by atoms with Gasteiger partial charge in [0.1, 0.15) is 0 Å². The highest BCUT2D eigenvalue weighted by atomic mass is 16.6. The maximum Gasteiger partial charge on any atom is 0.217 e. The molecule has 2 unspecified atom stereocenters. The van der Waals surface area contributed by atoms with Crippen LogP contribution >= 0.6 is 0 Å². The van der Waals surface area contributed by atoms with Crippen LogP contribution in [0.1, 0.15) is 31.7 Å². The van der Waals surface area contributed by atoms with Gasteiger partial charge < -0.3 is 0 Å². The van der Waals surface area contributed by atoms with Crippen molar-refractivity contribution in [1.82, 2.24) is 0 Å². The molecular weight excluding hydrogens is 234 g/mol. The molecule has 1 aromatic carbocycles. The van der Waals surface area contributed by atoms with E-state index in [-0.39, 0.29) is 6.42 Å². The predicted octanol–water partition coefficient (Wildman–Crippen LogP) is 1.98. The Morgan fingerprint density at radius 2 is 1.83 bits per heavy atom. The van der Waals surface area contributed by atoms with Crippen molar-refractivity contribution in [3.8, 4) is 0 Å². The lowest BCUT2D eigenvalue weighted by molar-refractivity contribution is -0.522. The predicted molar refractivity (Wildman–Crippen MR) is 65.9 cm³/mol. The lowest BCUT2D eigenvalue weighted by Gasteiger charge is -2.17. The minimum atomic E-state index is -0.907. The number of nitro groups is 1. The van der Waals surface area contributed by atoms with Gasteiger partial charge in [-0.1, -0.05) is 30.3 Å². The van der Waals surface area contributed by atoms with Crippen LogP contribution in [0.4, 0.5) is 0 Å². The number of Topliss-reactive ketones (excluding diaryl/α,β-unsaturated/α-hetero) is 2. The fraction of sp³-hybridized carbons (Fsp3) is 0.385. The molecule has 0 fully saturated rings. The van der Waals surface area contributed by atoms with Crippen molar-refractivity contribution in [3.05, 3.63) is 46.0 Å². The van der Waals surface area contributed by atoms with Crippen LogP contribution in [0.3, 0.4) is 0 Å². The number of nitrogens with zero attached hydrogens (tertiary/aromatic N) is 1. The molecule has 0 aliphatic rings. The first kappa shape index (κ1) is 14.0. The molecule has 0 aromatic heterocycles. The first-order chi connectivity index (χ1) is 8.43. The summed E-state index contributed by atoms with van der Waals surface area (Å²) in [7, 11) is 0. The molecule has 0 heterocycles. The molecule has 5 heteroatoms. The van der Waals surface area contributed by atoms with Gasteiger partial charge in [0.25, 0.3) is 0 Å². The molecule has 2 atom stereocenters. The van der Waals surface area contributed by atoms with Crippen LogP contribution in [-0.2, 0) is 9.59 Å². The average Bonchev–Trinajstić information content (AvgIpc) is 2.35. The smallest absolute Gasteiger partial charge is 0.217 e. The van der Waals surface area contributed by atoms with Crippen LogP contribution in [0.5, 0.6) is 0 Å². The van der Waals surface area contributed by atoms with E-state index in [1.165, 1.54) is 13.8 Å². The highest BCUT2D eigenvalue weighted by molar-refractivity contribution is 6.36. The van der Waals surface area contributed by atoms with E-state index < -0.39 is 28.4 Å². The standard InChI is InChI=1S/C13H15NO4/c1-9(14(17)18)12(8-13(16)10(2)15)11-6-4-3-5-7-11/h3-7,9,12H,8H2,1-2H3. The molecule has 0 bridgehead atoms. The molecule has 1 rings (SSSR count). The Bertz CT molecular complexity index is 455. The summed E-state index contributed by atoms with van der Waals surface area (Å²) in [5, 5.41) is 10.9. The maximum atomic E-state index is 11.5. The second kappa shape index (κ2) is 6.05. The van der Waals surface area contributed by atoms with Gasteiger partial charge in [0, 0.05) is 25.2 Å². The topological polar surface area (TPSA) is 77.3 Å². The van der Waals surface area contributed by atoms with Gasteiger partial charge in [-0.2, -0.15) is 0 Å². The third kappa shape index (κ3) is 3.48. The van der Waals surface area contributed by atoms with Crippen molar-refractivity contribution in [2.75, 3.05) is 0 Å². The van der Waals surface area contributed by atoms with Gasteiger partial charge in [0.15, 0.2) is 11.6 Å². The van der Waals surface area contributed by atoms with Gasteiger partial charge in [-0.25, -0.2) is 0 Å². The number of rotatable bonds is 6. The van der Waals surface area contributed by atoms with E-state index in [1.807, 2.05) is 0 Å². The van der Waals surface area contributed by atoms with E-state index in [2.05, 4.69) is 0 Å². The molecule has 0 aliphatic carbocycles. The third-order valence-corrected chi connectivity index (χ3v) is 2.94. The fourth-order valence-electron chi connectivity index (χ4n) is 1.76. The highest BCUT2D eigenvalue weighted by Crippen LogP contribution is 2.25. The Morgan fingerprint density at radius 1 is 1.28 bits per heavy atom. The summed E-state index contributed by atoms with van der Waals surface area (Å²) in [5.41, 5.74) is 0.705. The molecule has 0 saturated heterocycles. The van der Waals surface area contributed by atoms with E-state index in [1.54, 1.807) is 30.3 Å². The molecule has 96 valence electrons. The lowest BCUT2D eigenvalue weighted by atomic mass is 9.87. The van der Waals surface area contributed by atoms with Crippen molar-refractivity contribution < 1.29 is 14.5 Å². The second-order valence-electron chi connectivity index (χ2n) is 4.23. The van der Waals surface area contributed by atoms with Gasteiger partial charge in [-0.3, -0.25) is 19.7 Å². The van der Waals surface area contributed by atoms with Crippen LogP contribution in [0.25, 0.3) is 0 Å². The molecule has 5 nitrogen and oxygen atoms in total. The largest absolute Gasteiger partial charge is 0.291 e. The molecule has 0 amide bonds. The minimum absolute atomic E-state index is 0.124. The summed E-state index contributed by atoms with van der Waals surface area (Å²) >= 11 is 0. The van der Waals surface area contributed by atoms with Crippen molar-refractivity contribution in [2.45, 2.75) is 32.2 Å². The zero-order chi connectivity index (χ0) is 13.7. The van der Waals surface area contributed by atoms with E-state index in [9.17, 15) is 19.7 Å². The zero-order valence-corrected chi connectivity index (χ0v) is 10.3. The monoisotopic (exact) mass is 249 g/mol. The summed E-state index contributed by atoms with van der Waals surface area (Å²) < 4.78 is 0. The number of ketones is 2. The third-order valence-electron chi connectivity index (χ3n) is 2.94. The molecule has 0 spiro atoms. The molecule has 0 N–H and O–H groups in total. The van der Waals surface area contributed by atoms with E-state index in [0.717, 1.165) is 0 Å². The average molecular weight is 249 g/mol. The molecule has 0 aliphatic heterocycles. The second-order valence-corrected chi connectivity index (χ2v) is 4.23. The normalized spacial score (nSPS) is 13.7. The Balaban J connectivity index is 3.00. The van der Waals surface area contributed by atoms with E-state index >= 15 is 0 Å². The highest BCUT2D eigenvalue weighted by Gasteiger charge is 2.31. The Kier molecular flexibility index (Phi) is 4.71. The first-order valence-electron chi connectivity index (χ1n) is 5.65. The number of benzene rings is 1. The molecular formula is C13H15NO4. The summed E-state index contributed by atoms with van der Waals surface area (Å²) in [4.78, 5) is 32.9. The maximum absolute atomic E-state index is 11.5. The van der Waals surface area contributed by atoms with Crippen LogP contribution < -0.4 is 0 Å². The lowest BCUT2D eigenvalue weighted by Crippen LogP contribution is -2.27. The van der Waals surface area contributed by atoms with Crippen LogP contribution in [0, 0.1) is 10.1 Å². The molecule has 0 saturated carbocycles. The van der Waals surface area contributed by atoms with Gasteiger partial charge in [-0.15, -0.1) is 0 Å². The Labute approximate surface area is 105 Å². The van der Waals surface area contributed by atoms with Crippen molar-refractivity contribution in [1.29, 1.82) is 0 Å². The summed E-state index contributed by atoms with van der Waals surface area (Å²) in [6.07, 6.45) is -0.124. The minimum Gasteiger partial charge on any atom is -0.291 e. The summed E-state index contributed by atoms with van der Waals surface area (Å²) in [5.74, 6) is -1.71. The van der Waals surface area contributed by atoms with Crippen molar-refractivity contribution in [3.63, 3.8) is 0 Å². The van der Waals surface area contributed by atoms with Gasteiger partial charge >= 0.3 is 0 Å². The Hall–Kier alpha value is -2.04. The van der Waals surface area contributed by atoms with Gasteiger partial charge in [0.05, 0.1) is 5.92 Å². The number of hydrogen-bond donors (Lipinski definition) is 0. The van der Waals surface area contributed by atoms with E-state index in [4.69, 9.17) is 0 Å². The first-order valence-corrected chi connectivity index (χ1v) is 5.65. The number of hydrogen-bond acceptors (Lipinski definition) is 4. The van der Waals surface area contributed by atoms with Gasteiger partial charge in [-0.05, 0) is 5.56 Å². The van der Waals surface area contributed by atoms with Gasteiger partial charge in [0.2, 0.25) is 6.04 Å². The van der Waals surface area contributed by atoms with Crippen LogP contribution in [0.15, 0.2) is 30.3 Å².